The third-order valence-corrected chi connectivity index (χ3v) is 4.81. The highest BCUT2D eigenvalue weighted by molar-refractivity contribution is 5.88. The van der Waals surface area contributed by atoms with Gasteiger partial charge in [0.2, 0.25) is 0 Å². The van der Waals surface area contributed by atoms with Crippen LogP contribution in [0.15, 0.2) is 48.7 Å². The molecular formula is C23H27FN2O3. The molecule has 1 heterocycles. The molecule has 3 aromatic rings. The van der Waals surface area contributed by atoms with E-state index in [9.17, 15) is 4.39 Å². The van der Waals surface area contributed by atoms with E-state index in [1.54, 1.807) is 37.6 Å². The molecule has 0 spiro atoms. The highest BCUT2D eigenvalue weighted by Gasteiger charge is 2.13. The highest BCUT2D eigenvalue weighted by Crippen LogP contribution is 2.37. The second-order valence-electron chi connectivity index (χ2n) is 6.59. The van der Waals surface area contributed by atoms with Crippen LogP contribution in [0.4, 0.5) is 4.39 Å². The molecule has 0 N–H and O–H groups in total. The molecule has 0 bridgehead atoms. The molecule has 0 amide bonds. The van der Waals surface area contributed by atoms with Crippen molar-refractivity contribution >= 4 is 10.9 Å². The molecule has 2 aromatic carbocycles. The lowest BCUT2D eigenvalue weighted by atomic mass is 10.1. The number of halogens is 1. The summed E-state index contributed by atoms with van der Waals surface area (Å²) < 4.78 is 31.2. The average Bonchev–Trinajstić information content (AvgIpc) is 2.75. The Hall–Kier alpha value is -2.86. The predicted molar refractivity (Wildman–Crippen MR) is 113 cm³/mol. The van der Waals surface area contributed by atoms with Crippen molar-refractivity contribution in [1.29, 1.82) is 0 Å². The third kappa shape index (κ3) is 5.15. The highest BCUT2D eigenvalue weighted by atomic mass is 19.1. The van der Waals surface area contributed by atoms with Crippen molar-refractivity contribution in [1.82, 2.24) is 9.88 Å². The van der Waals surface area contributed by atoms with Crippen LogP contribution in [-0.4, -0.2) is 43.2 Å². The lowest BCUT2D eigenvalue weighted by Crippen LogP contribution is -2.25. The van der Waals surface area contributed by atoms with Crippen LogP contribution >= 0.6 is 0 Å². The van der Waals surface area contributed by atoms with Gasteiger partial charge in [-0.2, -0.15) is 0 Å². The van der Waals surface area contributed by atoms with Gasteiger partial charge in [-0.1, -0.05) is 26.0 Å². The van der Waals surface area contributed by atoms with Crippen LogP contribution in [-0.2, 0) is 0 Å². The summed E-state index contributed by atoms with van der Waals surface area (Å²) in [5.41, 5.74) is 0.693. The number of fused-ring (bicyclic) bond motifs is 1. The Bertz CT molecular complexity index is 945. The number of para-hydroxylation sites is 1. The number of methoxy groups -OCH3 is 1. The van der Waals surface area contributed by atoms with Gasteiger partial charge in [0.1, 0.15) is 5.75 Å². The maximum Gasteiger partial charge on any atom is 0.165 e. The molecule has 0 aliphatic carbocycles. The Morgan fingerprint density at radius 3 is 2.48 bits per heavy atom. The summed E-state index contributed by atoms with van der Waals surface area (Å²) in [7, 11) is 1.59. The van der Waals surface area contributed by atoms with Crippen molar-refractivity contribution in [2.24, 2.45) is 0 Å². The second kappa shape index (κ2) is 10.1. The summed E-state index contributed by atoms with van der Waals surface area (Å²) in [4.78, 5) is 6.76. The van der Waals surface area contributed by atoms with Crippen molar-refractivity contribution in [3.8, 4) is 23.0 Å². The lowest BCUT2D eigenvalue weighted by Gasteiger charge is -2.18. The summed E-state index contributed by atoms with van der Waals surface area (Å²) in [6.45, 7) is 7.95. The zero-order chi connectivity index (χ0) is 20.6. The molecule has 0 saturated carbocycles. The topological polar surface area (TPSA) is 43.8 Å². The first-order valence-electron chi connectivity index (χ1n) is 9.90. The zero-order valence-electron chi connectivity index (χ0n) is 17.2. The largest absolute Gasteiger partial charge is 0.493 e. The monoisotopic (exact) mass is 398 g/mol. The van der Waals surface area contributed by atoms with Crippen molar-refractivity contribution in [2.45, 2.75) is 20.3 Å². The summed E-state index contributed by atoms with van der Waals surface area (Å²) in [6, 6.07) is 11.7. The number of benzene rings is 2. The van der Waals surface area contributed by atoms with Gasteiger partial charge in [0, 0.05) is 24.2 Å². The lowest BCUT2D eigenvalue weighted by molar-refractivity contribution is 0.243. The maximum atomic E-state index is 14.0. The Balaban J connectivity index is 1.80. The summed E-state index contributed by atoms with van der Waals surface area (Å²) in [6.07, 6.45) is 2.56. The fourth-order valence-corrected chi connectivity index (χ4v) is 3.15. The molecule has 0 saturated heterocycles. The molecule has 29 heavy (non-hydrogen) atoms. The van der Waals surface area contributed by atoms with E-state index in [-0.39, 0.29) is 5.75 Å². The minimum atomic E-state index is -0.419. The van der Waals surface area contributed by atoms with Gasteiger partial charge in [0.25, 0.3) is 0 Å². The summed E-state index contributed by atoms with van der Waals surface area (Å²) >= 11 is 0. The molecule has 0 radical (unpaired) electrons. The fraction of sp³-hybridized carbons (Fsp3) is 0.348. The number of rotatable bonds is 10. The normalized spacial score (nSPS) is 11.1. The molecule has 0 aliphatic rings. The van der Waals surface area contributed by atoms with E-state index in [2.05, 4.69) is 23.7 Å². The number of ether oxygens (including phenoxy) is 3. The summed E-state index contributed by atoms with van der Waals surface area (Å²) in [5, 5.41) is 0.725. The van der Waals surface area contributed by atoms with Crippen LogP contribution in [0.25, 0.3) is 10.9 Å². The number of aromatic nitrogens is 1. The predicted octanol–water partition coefficient (Wildman–Crippen LogP) is 5.29. The first-order chi connectivity index (χ1) is 14.2. The number of nitrogens with zero attached hydrogens (tertiary/aromatic N) is 2. The zero-order valence-corrected chi connectivity index (χ0v) is 17.2. The van der Waals surface area contributed by atoms with Crippen molar-refractivity contribution in [3.05, 3.63) is 54.5 Å². The maximum absolute atomic E-state index is 14.0. The Morgan fingerprint density at radius 2 is 1.76 bits per heavy atom. The van der Waals surface area contributed by atoms with Gasteiger partial charge < -0.3 is 19.1 Å². The van der Waals surface area contributed by atoms with E-state index in [4.69, 9.17) is 14.2 Å². The van der Waals surface area contributed by atoms with Gasteiger partial charge in [-0.25, -0.2) is 4.39 Å². The molecule has 0 atom stereocenters. The molecule has 0 fully saturated rings. The Kier molecular flexibility index (Phi) is 7.25. The smallest absolute Gasteiger partial charge is 0.165 e. The standard InChI is InChI=1S/C23H27FN2O3/c1-4-26(5-2)13-8-14-28-23-16-19-17(15-22(23)27-3)20(11-12-25-19)29-21-10-7-6-9-18(21)24/h6-7,9-12,15-16H,4-5,8,13-14H2,1-3H3. The van der Waals surface area contributed by atoms with Crippen LogP contribution in [0.2, 0.25) is 0 Å². The van der Waals surface area contributed by atoms with Crippen molar-refractivity contribution in [2.75, 3.05) is 33.4 Å². The van der Waals surface area contributed by atoms with Gasteiger partial charge >= 0.3 is 0 Å². The van der Waals surface area contributed by atoms with E-state index in [0.29, 0.717) is 29.4 Å². The van der Waals surface area contributed by atoms with E-state index in [1.165, 1.54) is 6.07 Å². The number of hydrogen-bond acceptors (Lipinski definition) is 5. The fourth-order valence-electron chi connectivity index (χ4n) is 3.15. The average molecular weight is 398 g/mol. The van der Waals surface area contributed by atoms with Gasteiger partial charge in [0.05, 0.1) is 19.2 Å². The SMILES string of the molecule is CCN(CC)CCCOc1cc2nccc(Oc3ccccc3F)c2cc1OC. The van der Waals surface area contributed by atoms with Crippen molar-refractivity contribution < 1.29 is 18.6 Å². The number of hydrogen-bond donors (Lipinski definition) is 0. The van der Waals surface area contributed by atoms with Gasteiger partial charge in [-0.15, -0.1) is 0 Å². The van der Waals surface area contributed by atoms with Gasteiger partial charge in [0.15, 0.2) is 23.1 Å². The van der Waals surface area contributed by atoms with E-state index in [0.717, 1.165) is 31.4 Å². The van der Waals surface area contributed by atoms with Crippen LogP contribution in [0.3, 0.4) is 0 Å². The molecule has 0 unspecified atom stereocenters. The van der Waals surface area contributed by atoms with E-state index >= 15 is 0 Å². The summed E-state index contributed by atoms with van der Waals surface area (Å²) in [5.74, 6) is 1.47. The molecule has 5 nitrogen and oxygen atoms in total. The molecule has 6 heteroatoms. The van der Waals surface area contributed by atoms with Gasteiger partial charge in [-0.05, 0) is 43.8 Å². The molecule has 0 aliphatic heterocycles. The first-order valence-corrected chi connectivity index (χ1v) is 9.90. The van der Waals surface area contributed by atoms with Gasteiger partial charge in [-0.3, -0.25) is 4.98 Å². The second-order valence-corrected chi connectivity index (χ2v) is 6.59. The van der Waals surface area contributed by atoms with Crippen molar-refractivity contribution in [3.63, 3.8) is 0 Å². The molecule has 3 rings (SSSR count). The molecular weight excluding hydrogens is 371 g/mol. The van der Waals surface area contributed by atoms with Crippen LogP contribution < -0.4 is 14.2 Å². The molecule has 1 aromatic heterocycles. The van der Waals surface area contributed by atoms with E-state index < -0.39 is 5.82 Å². The minimum Gasteiger partial charge on any atom is -0.493 e. The molecule has 154 valence electrons. The van der Waals surface area contributed by atoms with E-state index in [1.807, 2.05) is 12.1 Å². The quantitative estimate of drug-likeness (QED) is 0.435. The van der Waals surface area contributed by atoms with Crippen LogP contribution in [0.1, 0.15) is 20.3 Å². The first kappa shape index (κ1) is 20.9. The minimum absolute atomic E-state index is 0.163. The Morgan fingerprint density at radius 1 is 0.966 bits per heavy atom. The van der Waals surface area contributed by atoms with Crippen LogP contribution in [0.5, 0.6) is 23.0 Å². The number of pyridine rings is 1. The third-order valence-electron chi connectivity index (χ3n) is 4.81. The Labute approximate surface area is 171 Å². The van der Waals surface area contributed by atoms with Crippen LogP contribution in [0, 0.1) is 5.82 Å².